The molecule has 0 aromatic carbocycles. The molecule has 5 atom stereocenters. The molecule has 0 aliphatic carbocycles. The Balaban J connectivity index is 5.69. The van der Waals surface area contributed by atoms with E-state index in [9.17, 15) is 28.8 Å². The maximum atomic E-state index is 13.1. The molecule has 0 radical (unpaired) electrons. The second-order valence-electron chi connectivity index (χ2n) is 9.40. The van der Waals surface area contributed by atoms with Crippen molar-refractivity contribution in [1.82, 2.24) is 21.3 Å². The quantitative estimate of drug-likeness (QED) is 0.145. The van der Waals surface area contributed by atoms with Crippen molar-refractivity contribution in [3.8, 4) is 0 Å². The number of amides is 4. The van der Waals surface area contributed by atoms with Gasteiger partial charge in [0.1, 0.15) is 24.2 Å². The van der Waals surface area contributed by atoms with Crippen LogP contribution in [0.5, 0.6) is 0 Å². The van der Waals surface area contributed by atoms with Gasteiger partial charge in [-0.05, 0) is 38.5 Å². The van der Waals surface area contributed by atoms with Gasteiger partial charge >= 0.3 is 11.9 Å². The van der Waals surface area contributed by atoms with E-state index in [1.807, 2.05) is 13.8 Å². The van der Waals surface area contributed by atoms with Gasteiger partial charge in [-0.25, -0.2) is 0 Å². The first-order chi connectivity index (χ1) is 16.0. The molecule has 0 saturated heterocycles. The predicted octanol–water partition coefficient (Wildman–Crippen LogP) is -1.06. The molecule has 0 aromatic rings. The van der Waals surface area contributed by atoms with Crippen LogP contribution in [0, 0.1) is 11.8 Å². The van der Waals surface area contributed by atoms with Crippen LogP contribution >= 0.6 is 0 Å². The zero-order valence-corrected chi connectivity index (χ0v) is 21.1. The van der Waals surface area contributed by atoms with Crippen LogP contribution in [0.2, 0.25) is 0 Å². The Bertz CT molecular complexity index is 784. The summed E-state index contributed by atoms with van der Waals surface area (Å²) < 4.78 is 0. The predicted molar refractivity (Wildman–Crippen MR) is 126 cm³/mol. The molecule has 0 bridgehead atoms. The number of hydrogen-bond donors (Lipinski definition) is 7. The van der Waals surface area contributed by atoms with Gasteiger partial charge in [-0.15, -0.1) is 0 Å². The topological polar surface area (TPSA) is 217 Å². The number of carboxylic acids is 2. The lowest BCUT2D eigenvalue weighted by atomic mass is 9.99. The Kier molecular flexibility index (Phi) is 13.5. The van der Waals surface area contributed by atoms with E-state index >= 15 is 0 Å². The largest absolute Gasteiger partial charge is 0.481 e. The lowest BCUT2D eigenvalue weighted by Crippen LogP contribution is -2.58. The standard InChI is InChI=1S/C22H39N5O8/c1-10(2)7-14(19(31)24-13(6)22(34)35)26-20(32)15(8-11(3)4)27-21(33)16(9-17(28)29)25-18(30)12(5)23/h10-16H,7-9,23H2,1-6H3,(H,24,31)(H,25,30)(H,26,32)(H,27,33)(H,28,29)(H,34,35)/t12-,13-,14-,15-,16-/m0/s1. The molecular formula is C22H39N5O8. The molecule has 13 nitrogen and oxygen atoms in total. The lowest BCUT2D eigenvalue weighted by Gasteiger charge is -2.27. The first kappa shape index (κ1) is 31.8. The van der Waals surface area contributed by atoms with E-state index in [2.05, 4.69) is 21.3 Å². The monoisotopic (exact) mass is 501 g/mol. The van der Waals surface area contributed by atoms with Gasteiger partial charge in [0.25, 0.3) is 0 Å². The van der Waals surface area contributed by atoms with E-state index in [0.29, 0.717) is 0 Å². The lowest BCUT2D eigenvalue weighted by molar-refractivity contribution is -0.142. The molecule has 0 rings (SSSR count). The highest BCUT2D eigenvalue weighted by Gasteiger charge is 2.32. The molecule has 0 heterocycles. The summed E-state index contributed by atoms with van der Waals surface area (Å²) in [5.41, 5.74) is 5.48. The van der Waals surface area contributed by atoms with Crippen LogP contribution in [0.1, 0.15) is 60.8 Å². The zero-order valence-electron chi connectivity index (χ0n) is 21.1. The van der Waals surface area contributed by atoms with E-state index in [-0.39, 0.29) is 24.7 Å². The molecule has 200 valence electrons. The van der Waals surface area contributed by atoms with Crippen molar-refractivity contribution in [3.63, 3.8) is 0 Å². The Morgan fingerprint density at radius 1 is 0.629 bits per heavy atom. The Hall–Kier alpha value is -3.22. The van der Waals surface area contributed by atoms with Crippen LogP contribution in [-0.2, 0) is 28.8 Å². The zero-order chi connectivity index (χ0) is 27.5. The highest BCUT2D eigenvalue weighted by atomic mass is 16.4. The second kappa shape index (κ2) is 14.9. The van der Waals surface area contributed by atoms with Gasteiger partial charge < -0.3 is 37.2 Å². The summed E-state index contributed by atoms with van der Waals surface area (Å²) in [6.07, 6.45) is -0.371. The van der Waals surface area contributed by atoms with E-state index < -0.39 is 72.2 Å². The van der Waals surface area contributed by atoms with Crippen molar-refractivity contribution in [1.29, 1.82) is 0 Å². The first-order valence-corrected chi connectivity index (χ1v) is 11.5. The molecule has 0 aromatic heterocycles. The molecule has 35 heavy (non-hydrogen) atoms. The van der Waals surface area contributed by atoms with Crippen molar-refractivity contribution in [2.24, 2.45) is 17.6 Å². The van der Waals surface area contributed by atoms with Crippen LogP contribution in [-0.4, -0.2) is 76.0 Å². The summed E-state index contributed by atoms with van der Waals surface area (Å²) in [6, 6.07) is -5.85. The minimum Gasteiger partial charge on any atom is -0.481 e. The number of aliphatic carboxylic acids is 2. The SMILES string of the molecule is CC(C)C[C@H](NC(=O)[C@H](CC(C)C)NC(=O)[C@H](CC(=O)O)NC(=O)[C@H](C)N)C(=O)N[C@@H](C)C(=O)O. The molecule has 8 N–H and O–H groups in total. The Morgan fingerprint density at radius 2 is 1.00 bits per heavy atom. The summed E-state index contributed by atoms with van der Waals surface area (Å²) in [5.74, 6) is -5.72. The molecule has 0 spiro atoms. The number of carbonyl (C=O) groups is 6. The van der Waals surface area contributed by atoms with Crippen LogP contribution in [0.15, 0.2) is 0 Å². The average molecular weight is 502 g/mol. The van der Waals surface area contributed by atoms with Gasteiger partial charge in [0.15, 0.2) is 0 Å². The third kappa shape index (κ3) is 12.7. The maximum Gasteiger partial charge on any atom is 0.325 e. The number of nitrogens with two attached hydrogens (primary N) is 1. The van der Waals surface area contributed by atoms with E-state index in [0.717, 1.165) is 0 Å². The minimum atomic E-state index is -1.47. The third-order valence-electron chi connectivity index (χ3n) is 4.83. The van der Waals surface area contributed by atoms with Crippen LogP contribution < -0.4 is 27.0 Å². The summed E-state index contributed by atoms with van der Waals surface area (Å²) in [5, 5.41) is 27.8. The van der Waals surface area contributed by atoms with Gasteiger partial charge in [0.05, 0.1) is 12.5 Å². The summed E-state index contributed by atoms with van der Waals surface area (Å²) in [7, 11) is 0. The fourth-order valence-electron chi connectivity index (χ4n) is 3.01. The molecule has 0 unspecified atom stereocenters. The fraction of sp³-hybridized carbons (Fsp3) is 0.727. The second-order valence-corrected chi connectivity index (χ2v) is 9.40. The fourth-order valence-corrected chi connectivity index (χ4v) is 3.01. The number of carbonyl (C=O) groups excluding carboxylic acids is 4. The summed E-state index contributed by atoms with van der Waals surface area (Å²) >= 11 is 0. The molecule has 0 fully saturated rings. The Morgan fingerprint density at radius 3 is 1.34 bits per heavy atom. The van der Waals surface area contributed by atoms with Gasteiger partial charge in [-0.2, -0.15) is 0 Å². The highest BCUT2D eigenvalue weighted by Crippen LogP contribution is 2.10. The van der Waals surface area contributed by atoms with Crippen LogP contribution in [0.25, 0.3) is 0 Å². The summed E-state index contributed by atoms with van der Waals surface area (Å²) in [4.78, 5) is 72.7. The molecule has 0 aliphatic rings. The number of rotatable bonds is 15. The van der Waals surface area contributed by atoms with Gasteiger partial charge in [0, 0.05) is 0 Å². The Labute approximate surface area is 204 Å². The van der Waals surface area contributed by atoms with E-state index in [1.54, 1.807) is 13.8 Å². The van der Waals surface area contributed by atoms with Crippen molar-refractivity contribution < 1.29 is 39.0 Å². The van der Waals surface area contributed by atoms with Crippen LogP contribution in [0.4, 0.5) is 0 Å². The van der Waals surface area contributed by atoms with Crippen molar-refractivity contribution in [2.45, 2.75) is 91.0 Å². The minimum absolute atomic E-state index is 0.0299. The number of nitrogens with one attached hydrogen (secondary N) is 4. The maximum absolute atomic E-state index is 13.1. The molecule has 0 saturated carbocycles. The number of carboxylic acid groups (broad SMARTS) is 2. The van der Waals surface area contributed by atoms with E-state index in [4.69, 9.17) is 15.9 Å². The van der Waals surface area contributed by atoms with Gasteiger partial charge in [-0.1, -0.05) is 27.7 Å². The van der Waals surface area contributed by atoms with Crippen molar-refractivity contribution >= 4 is 35.6 Å². The van der Waals surface area contributed by atoms with Crippen molar-refractivity contribution in [3.05, 3.63) is 0 Å². The van der Waals surface area contributed by atoms with Crippen LogP contribution in [0.3, 0.4) is 0 Å². The molecular weight excluding hydrogens is 462 g/mol. The molecule has 4 amide bonds. The summed E-state index contributed by atoms with van der Waals surface area (Å²) in [6.45, 7) is 9.88. The van der Waals surface area contributed by atoms with Gasteiger partial charge in [0.2, 0.25) is 23.6 Å². The molecule has 13 heteroatoms. The van der Waals surface area contributed by atoms with Gasteiger partial charge in [-0.3, -0.25) is 28.8 Å². The highest BCUT2D eigenvalue weighted by molar-refractivity contribution is 5.96. The molecule has 0 aliphatic heterocycles. The third-order valence-corrected chi connectivity index (χ3v) is 4.83. The normalized spacial score (nSPS) is 15.3. The smallest absolute Gasteiger partial charge is 0.325 e. The van der Waals surface area contributed by atoms with E-state index in [1.165, 1.54) is 13.8 Å². The first-order valence-electron chi connectivity index (χ1n) is 11.5. The number of hydrogen-bond acceptors (Lipinski definition) is 7. The average Bonchev–Trinajstić information content (AvgIpc) is 2.70. The van der Waals surface area contributed by atoms with Crippen molar-refractivity contribution in [2.75, 3.05) is 0 Å².